The van der Waals surface area contributed by atoms with Gasteiger partial charge in [0.15, 0.2) is 0 Å². The average Bonchev–Trinajstić information content (AvgIpc) is 2.76. The Morgan fingerprint density at radius 1 is 0.514 bits per heavy atom. The highest BCUT2D eigenvalue weighted by molar-refractivity contribution is 8.30. The van der Waals surface area contributed by atoms with Crippen molar-refractivity contribution < 1.29 is 8.98 Å². The molecule has 0 aliphatic carbocycles. The smallest absolute Gasteiger partial charge is 0.313 e. The van der Waals surface area contributed by atoms with Crippen LogP contribution in [0.5, 0.6) is 0 Å². The molecule has 0 fully saturated rings. The predicted octanol–water partition coefficient (Wildman–Crippen LogP) is 9.34. The van der Waals surface area contributed by atoms with Crippen molar-refractivity contribution in [3.05, 3.63) is 89.5 Å². The molecule has 0 aromatic heterocycles. The first kappa shape index (κ1) is 27.1. The summed E-state index contributed by atoms with van der Waals surface area (Å²) in [5.74, 6) is -0.278. The van der Waals surface area contributed by atoms with E-state index in [-0.39, 0.29) is 22.2 Å². The molecule has 0 unspecified atom stereocenters. The molecule has 0 aliphatic rings. The first-order valence-electron chi connectivity index (χ1n) is 12.4. The van der Waals surface area contributed by atoms with Gasteiger partial charge in [-0.2, -0.15) is 0 Å². The van der Waals surface area contributed by atoms with Gasteiger partial charge in [0.05, 0.1) is 0 Å². The van der Waals surface area contributed by atoms with Crippen LogP contribution in [0.2, 0.25) is 0 Å². The summed E-state index contributed by atoms with van der Waals surface area (Å²) in [6.45, 7) is 21.4. The van der Waals surface area contributed by atoms with Crippen LogP contribution in [-0.4, -0.2) is 5.97 Å². The molecule has 0 N–H and O–H groups in total. The zero-order valence-electron chi connectivity index (χ0n) is 23.2. The lowest BCUT2D eigenvalue weighted by atomic mass is 9.87. The van der Waals surface area contributed by atoms with Crippen LogP contribution < -0.4 is 0 Å². The van der Waals surface area contributed by atoms with Gasteiger partial charge in [-0.1, -0.05) is 98.7 Å². The van der Waals surface area contributed by atoms with Crippen LogP contribution >= 0.6 is 10.3 Å². The van der Waals surface area contributed by atoms with Gasteiger partial charge < -0.3 is 4.18 Å². The molecule has 0 amide bonds. The zero-order valence-corrected chi connectivity index (χ0v) is 24.0. The van der Waals surface area contributed by atoms with E-state index in [9.17, 15) is 4.79 Å². The van der Waals surface area contributed by atoms with E-state index in [0.29, 0.717) is 0 Å². The largest absolute Gasteiger partial charge is 0.402 e. The second-order valence-electron chi connectivity index (χ2n) is 12.5. The molecule has 0 aliphatic heterocycles. The van der Waals surface area contributed by atoms with Gasteiger partial charge >= 0.3 is 5.97 Å². The third-order valence-corrected chi connectivity index (χ3v) is 9.69. The van der Waals surface area contributed by atoms with E-state index in [4.69, 9.17) is 4.18 Å². The van der Waals surface area contributed by atoms with E-state index in [1.807, 2.05) is 0 Å². The van der Waals surface area contributed by atoms with Gasteiger partial charge in [0.25, 0.3) is 0 Å². The molecule has 0 saturated carbocycles. The van der Waals surface area contributed by atoms with Crippen molar-refractivity contribution >= 4 is 16.3 Å². The van der Waals surface area contributed by atoms with Crippen molar-refractivity contribution in [1.82, 2.24) is 0 Å². The normalized spacial score (nSPS) is 13.4. The number of hydrogen-bond donors (Lipinski definition) is 0. The Labute approximate surface area is 214 Å². The first-order chi connectivity index (χ1) is 16.0. The Bertz CT molecular complexity index is 1010. The van der Waals surface area contributed by atoms with Crippen molar-refractivity contribution in [2.24, 2.45) is 0 Å². The Morgan fingerprint density at radius 2 is 0.743 bits per heavy atom. The number of benzene rings is 3. The highest BCUT2D eigenvalue weighted by Gasteiger charge is 2.36. The molecule has 3 rings (SSSR count). The third kappa shape index (κ3) is 5.83. The molecule has 0 spiro atoms. The molecular formula is C32H42O2S. The molecule has 0 atom stereocenters. The molecule has 3 heteroatoms. The molecule has 2 nitrogen and oxygen atoms in total. The molecule has 3 aromatic rings. The fourth-order valence-electron chi connectivity index (χ4n) is 4.17. The fraction of sp³-hybridized carbons (Fsp3) is 0.406. The SMILES string of the molecule is CC(=O)OS(c1ccc(C(C)(C)C)cc1)(c1ccc(C(C)(C)C)cc1)c1ccc(C(C)(C)C)cc1. The van der Waals surface area contributed by atoms with Crippen molar-refractivity contribution in [3.63, 3.8) is 0 Å². The topological polar surface area (TPSA) is 26.3 Å². The molecule has 0 radical (unpaired) electrons. The maximum atomic E-state index is 12.7. The lowest BCUT2D eigenvalue weighted by Crippen LogP contribution is -2.15. The van der Waals surface area contributed by atoms with E-state index < -0.39 is 10.3 Å². The minimum Gasteiger partial charge on any atom is -0.402 e. The standard InChI is InChI=1S/C32H42O2S/c1-23(33)34-35(27-17-11-24(12-18-27)30(2,3)4,28-19-13-25(14-20-28)31(5,6)7)29-21-15-26(16-22-29)32(8,9)10/h11-22H,1-10H3. The van der Waals surface area contributed by atoms with Crippen LogP contribution in [0.3, 0.4) is 0 Å². The van der Waals surface area contributed by atoms with E-state index in [2.05, 4.69) is 135 Å². The van der Waals surface area contributed by atoms with Crippen LogP contribution in [0, 0.1) is 0 Å². The Morgan fingerprint density at radius 3 is 0.914 bits per heavy atom. The molecule has 35 heavy (non-hydrogen) atoms. The summed E-state index contributed by atoms with van der Waals surface area (Å²) < 4.78 is 6.42. The lowest BCUT2D eigenvalue weighted by molar-refractivity contribution is -0.131. The summed E-state index contributed by atoms with van der Waals surface area (Å²) >= 11 is 0. The van der Waals surface area contributed by atoms with E-state index in [0.717, 1.165) is 14.7 Å². The van der Waals surface area contributed by atoms with Gasteiger partial charge in [-0.3, -0.25) is 4.79 Å². The summed E-state index contributed by atoms with van der Waals surface area (Å²) in [6.07, 6.45) is 0. The molecular weight excluding hydrogens is 448 g/mol. The molecule has 0 saturated heterocycles. The van der Waals surface area contributed by atoms with E-state index in [1.165, 1.54) is 23.6 Å². The van der Waals surface area contributed by atoms with Crippen molar-refractivity contribution in [3.8, 4) is 0 Å². The van der Waals surface area contributed by atoms with Crippen LogP contribution in [0.4, 0.5) is 0 Å². The predicted molar refractivity (Wildman–Crippen MR) is 150 cm³/mol. The summed E-state index contributed by atoms with van der Waals surface area (Å²) in [5.41, 5.74) is 3.89. The summed E-state index contributed by atoms with van der Waals surface area (Å²) in [4.78, 5) is 15.7. The monoisotopic (exact) mass is 490 g/mol. The highest BCUT2D eigenvalue weighted by atomic mass is 32.3. The van der Waals surface area contributed by atoms with Crippen LogP contribution in [0.15, 0.2) is 87.5 Å². The average molecular weight is 491 g/mol. The Kier molecular flexibility index (Phi) is 7.35. The maximum absolute atomic E-state index is 12.7. The number of carbonyl (C=O) groups is 1. The minimum atomic E-state index is -2.27. The Balaban J connectivity index is 2.31. The number of carbonyl (C=O) groups excluding carboxylic acids is 1. The van der Waals surface area contributed by atoms with Crippen LogP contribution in [-0.2, 0) is 25.2 Å². The van der Waals surface area contributed by atoms with Gasteiger partial charge in [0.2, 0.25) is 0 Å². The lowest BCUT2D eigenvalue weighted by Gasteiger charge is -2.40. The minimum absolute atomic E-state index is 0.0423. The summed E-state index contributed by atoms with van der Waals surface area (Å²) in [5, 5.41) is 0. The highest BCUT2D eigenvalue weighted by Crippen LogP contribution is 2.69. The maximum Gasteiger partial charge on any atom is 0.313 e. The van der Waals surface area contributed by atoms with Gasteiger partial charge in [0, 0.05) is 21.6 Å². The molecule has 0 heterocycles. The van der Waals surface area contributed by atoms with E-state index >= 15 is 0 Å². The zero-order chi connectivity index (χ0) is 26.2. The quantitative estimate of drug-likeness (QED) is 0.364. The van der Waals surface area contributed by atoms with Crippen molar-refractivity contribution in [2.75, 3.05) is 0 Å². The fourth-order valence-corrected chi connectivity index (χ4v) is 7.18. The first-order valence-corrected chi connectivity index (χ1v) is 14.0. The third-order valence-electron chi connectivity index (χ3n) is 6.40. The van der Waals surface area contributed by atoms with Gasteiger partial charge in [-0.15, -0.1) is 0 Å². The van der Waals surface area contributed by atoms with Gasteiger partial charge in [-0.25, -0.2) is 0 Å². The van der Waals surface area contributed by atoms with Crippen LogP contribution in [0.25, 0.3) is 0 Å². The van der Waals surface area contributed by atoms with Gasteiger partial charge in [-0.05, 0) is 79.6 Å². The van der Waals surface area contributed by atoms with Crippen LogP contribution in [0.1, 0.15) is 85.9 Å². The summed E-state index contributed by atoms with van der Waals surface area (Å²) in [7, 11) is -2.27. The van der Waals surface area contributed by atoms with Crippen molar-refractivity contribution in [2.45, 2.75) is 100 Å². The second-order valence-corrected chi connectivity index (χ2v) is 15.1. The second kappa shape index (κ2) is 9.50. The van der Waals surface area contributed by atoms with E-state index in [1.54, 1.807) is 0 Å². The molecule has 3 aromatic carbocycles. The number of rotatable bonds is 4. The number of hydrogen-bond acceptors (Lipinski definition) is 2. The molecule has 188 valence electrons. The summed E-state index contributed by atoms with van der Waals surface area (Å²) in [6, 6.07) is 25.9. The molecule has 0 bridgehead atoms. The van der Waals surface area contributed by atoms with Crippen molar-refractivity contribution in [1.29, 1.82) is 0 Å². The van der Waals surface area contributed by atoms with Gasteiger partial charge in [0.1, 0.15) is 0 Å². The Hall–Kier alpha value is -2.52.